The zero-order chi connectivity index (χ0) is 47.2. The van der Waals surface area contributed by atoms with Gasteiger partial charge >= 0.3 is 0 Å². The van der Waals surface area contributed by atoms with E-state index in [1.165, 1.54) is 12.1 Å². The highest BCUT2D eigenvalue weighted by atomic mass is 35.5. The van der Waals surface area contributed by atoms with E-state index in [2.05, 4.69) is 31.0 Å². The molecule has 2 aromatic carbocycles. The summed E-state index contributed by atoms with van der Waals surface area (Å²) < 4.78 is 24.0. The Kier molecular flexibility index (Phi) is 14.8. The van der Waals surface area contributed by atoms with Crippen molar-refractivity contribution in [2.45, 2.75) is 109 Å². The fourth-order valence-corrected chi connectivity index (χ4v) is 9.56. The van der Waals surface area contributed by atoms with Crippen molar-refractivity contribution in [1.29, 1.82) is 0 Å². The lowest BCUT2D eigenvalue weighted by Crippen LogP contribution is -2.54. The molecule has 2 unspecified atom stereocenters. The summed E-state index contributed by atoms with van der Waals surface area (Å²) in [7, 11) is 0. The SMILES string of the molecule is CC(Oc1cc(-c2cnn(C3CCN(C(=O)CCCCCc4cn(CCCCCNc5cccc6c5C(=O)N(C5CCC(=O)NC5=O)C6=O)nn4)CC3)c2)cnc1N)c1c(Cl)ccc(F)c1Cl. The number of nitrogen functional groups attached to an aromatic ring is 1. The molecular weight excluding hydrogens is 904 g/mol. The number of halogens is 3. The molecule has 5 amide bonds. The van der Waals surface area contributed by atoms with E-state index in [0.717, 1.165) is 86.1 Å². The van der Waals surface area contributed by atoms with Gasteiger partial charge in [-0.2, -0.15) is 5.10 Å². The van der Waals surface area contributed by atoms with Gasteiger partial charge in [0, 0.05) is 85.0 Å². The third kappa shape index (κ3) is 10.8. The summed E-state index contributed by atoms with van der Waals surface area (Å²) in [5, 5.41) is 18.9. The van der Waals surface area contributed by atoms with Gasteiger partial charge in [0.15, 0.2) is 11.6 Å². The van der Waals surface area contributed by atoms with Crippen molar-refractivity contribution in [2.75, 3.05) is 30.7 Å². The third-order valence-corrected chi connectivity index (χ3v) is 13.3. The number of pyridine rings is 1. The Morgan fingerprint density at radius 2 is 1.78 bits per heavy atom. The molecule has 2 fully saturated rings. The van der Waals surface area contributed by atoms with Crippen molar-refractivity contribution in [3.8, 4) is 16.9 Å². The molecule has 0 aliphatic carbocycles. The highest BCUT2D eigenvalue weighted by Crippen LogP contribution is 2.38. The van der Waals surface area contributed by atoms with Gasteiger partial charge in [0.05, 0.1) is 34.1 Å². The van der Waals surface area contributed by atoms with E-state index < -0.39 is 41.6 Å². The highest BCUT2D eigenvalue weighted by Gasteiger charge is 2.45. The largest absolute Gasteiger partial charge is 0.482 e. The quantitative estimate of drug-likeness (QED) is 0.0421. The van der Waals surface area contributed by atoms with Gasteiger partial charge in [0.25, 0.3) is 11.8 Å². The molecular formula is C47H52Cl2FN11O6. The maximum atomic E-state index is 14.2. The summed E-state index contributed by atoms with van der Waals surface area (Å²) in [5.41, 5.74) is 10.0. The summed E-state index contributed by atoms with van der Waals surface area (Å²) in [4.78, 5) is 70.8. The minimum absolute atomic E-state index is 0.0697. The number of benzene rings is 2. The van der Waals surface area contributed by atoms with Crippen LogP contribution in [0.4, 0.5) is 15.9 Å². The van der Waals surface area contributed by atoms with Crippen LogP contribution >= 0.6 is 23.2 Å². The predicted octanol–water partition coefficient (Wildman–Crippen LogP) is 7.35. The normalized spacial score (nSPS) is 16.9. The number of imide groups is 2. The van der Waals surface area contributed by atoms with Crippen LogP contribution in [0, 0.1) is 5.82 Å². The van der Waals surface area contributed by atoms with E-state index in [-0.39, 0.29) is 51.8 Å². The lowest BCUT2D eigenvalue weighted by atomic mass is 10.0. The first-order chi connectivity index (χ1) is 32.4. The molecule has 352 valence electrons. The summed E-state index contributed by atoms with van der Waals surface area (Å²) in [6.45, 7) is 4.34. The molecule has 6 heterocycles. The smallest absolute Gasteiger partial charge is 0.264 e. The number of likely N-dealkylation sites (tertiary alicyclic amines) is 1. The van der Waals surface area contributed by atoms with Crippen molar-refractivity contribution in [1.82, 2.24) is 44.9 Å². The second kappa shape index (κ2) is 21.1. The summed E-state index contributed by atoms with van der Waals surface area (Å²) >= 11 is 12.5. The van der Waals surface area contributed by atoms with Gasteiger partial charge < -0.3 is 20.7 Å². The lowest BCUT2D eigenvalue weighted by Gasteiger charge is -2.32. The number of hydrogen-bond donors (Lipinski definition) is 3. The van der Waals surface area contributed by atoms with Crippen LogP contribution in [0.25, 0.3) is 11.1 Å². The van der Waals surface area contributed by atoms with Crippen LogP contribution in [0.2, 0.25) is 10.0 Å². The Bertz CT molecular complexity index is 2670. The Hall–Kier alpha value is -6.40. The molecule has 3 aliphatic heterocycles. The van der Waals surface area contributed by atoms with Crippen molar-refractivity contribution in [3.05, 3.63) is 99.4 Å². The van der Waals surface area contributed by atoms with Crippen molar-refractivity contribution in [3.63, 3.8) is 0 Å². The second-order valence-electron chi connectivity index (χ2n) is 17.1. The molecule has 0 saturated carbocycles. The maximum Gasteiger partial charge on any atom is 0.264 e. The molecule has 5 aromatic rings. The maximum absolute atomic E-state index is 14.2. The van der Waals surface area contributed by atoms with E-state index in [4.69, 9.17) is 33.7 Å². The molecule has 3 aliphatic rings. The number of piperidine rings is 2. The number of rotatable bonds is 19. The number of nitrogens with one attached hydrogen (secondary N) is 2. The molecule has 0 radical (unpaired) electrons. The van der Waals surface area contributed by atoms with E-state index in [1.54, 1.807) is 43.6 Å². The van der Waals surface area contributed by atoms with Crippen molar-refractivity contribution >= 4 is 64.2 Å². The molecule has 0 spiro atoms. The first-order valence-corrected chi connectivity index (χ1v) is 23.5. The molecule has 2 atom stereocenters. The van der Waals surface area contributed by atoms with Crippen LogP contribution in [0.1, 0.15) is 122 Å². The van der Waals surface area contributed by atoms with Crippen LogP contribution in [-0.2, 0) is 27.3 Å². The number of nitrogens with zero attached hydrogens (tertiary/aromatic N) is 8. The minimum atomic E-state index is -1.00. The van der Waals surface area contributed by atoms with E-state index in [0.29, 0.717) is 43.1 Å². The number of fused-ring (bicyclic) bond motifs is 1. The lowest BCUT2D eigenvalue weighted by molar-refractivity contribution is -0.136. The van der Waals surface area contributed by atoms with Gasteiger partial charge in [-0.3, -0.25) is 43.6 Å². The fourth-order valence-electron chi connectivity index (χ4n) is 8.88. The Balaban J connectivity index is 0.700. The number of unbranched alkanes of at least 4 members (excludes halogenated alkanes) is 4. The van der Waals surface area contributed by atoms with Crippen LogP contribution in [0.3, 0.4) is 0 Å². The Labute approximate surface area is 396 Å². The number of ether oxygens (including phenoxy) is 1. The summed E-state index contributed by atoms with van der Waals surface area (Å²) in [5.74, 6) is -2.05. The molecule has 20 heteroatoms. The molecule has 0 bridgehead atoms. The van der Waals surface area contributed by atoms with Crippen LogP contribution in [-0.4, -0.2) is 94.8 Å². The fraction of sp³-hybridized carbons (Fsp3) is 0.426. The Morgan fingerprint density at radius 1 is 0.970 bits per heavy atom. The molecule has 8 rings (SSSR count). The average Bonchev–Trinajstić information content (AvgIpc) is 4.06. The number of aromatic nitrogens is 6. The molecule has 3 aromatic heterocycles. The van der Waals surface area contributed by atoms with E-state index in [9.17, 15) is 28.4 Å². The number of amides is 5. The van der Waals surface area contributed by atoms with Gasteiger partial charge in [-0.1, -0.05) is 40.9 Å². The second-order valence-corrected chi connectivity index (χ2v) is 17.9. The van der Waals surface area contributed by atoms with Crippen molar-refractivity contribution in [2.24, 2.45) is 0 Å². The Morgan fingerprint density at radius 3 is 2.58 bits per heavy atom. The van der Waals surface area contributed by atoms with Crippen LogP contribution < -0.4 is 21.1 Å². The molecule has 2 saturated heterocycles. The van der Waals surface area contributed by atoms with Gasteiger partial charge in [-0.05, 0) is 95.0 Å². The first-order valence-electron chi connectivity index (χ1n) is 22.7. The highest BCUT2D eigenvalue weighted by molar-refractivity contribution is 6.36. The molecule has 17 nitrogen and oxygen atoms in total. The number of nitrogens with two attached hydrogens (primary N) is 1. The number of carbonyl (C=O) groups is 5. The summed E-state index contributed by atoms with van der Waals surface area (Å²) in [6.07, 6.45) is 14.9. The van der Waals surface area contributed by atoms with Gasteiger partial charge in [-0.25, -0.2) is 9.37 Å². The minimum Gasteiger partial charge on any atom is -0.482 e. The first kappa shape index (κ1) is 47.1. The number of aryl methyl sites for hydroxylation is 2. The average molecular weight is 957 g/mol. The van der Waals surface area contributed by atoms with E-state index in [1.807, 2.05) is 26.7 Å². The van der Waals surface area contributed by atoms with Crippen LogP contribution in [0.5, 0.6) is 5.75 Å². The number of carbonyl (C=O) groups excluding carboxylic acids is 5. The zero-order valence-electron chi connectivity index (χ0n) is 37.1. The monoisotopic (exact) mass is 955 g/mol. The standard InChI is InChI=1S/C47H52Cl2FN11O6/c1-28(41-34(48)13-14-35(50)43(41)49)67-38-23-29(24-53-44(38)51)30-25-54-60(26-30)32-17-21-58(22-18-32)40(63)12-5-2-4-9-31-27-59(57-56-31)20-7-3-6-19-52-36-11-8-10-33-42(36)47(66)61(46(33)65)37-15-16-39(62)55-45(37)64/h8,10-11,13-14,23-28,32,37,52H,2-7,9,12,15-22H2,1H3,(H2,51,53)(H,55,62,64). The molecule has 4 N–H and O–H groups in total. The van der Waals surface area contributed by atoms with Crippen LogP contribution in [0.15, 0.2) is 61.2 Å². The van der Waals surface area contributed by atoms with Crippen molar-refractivity contribution < 1.29 is 33.1 Å². The van der Waals surface area contributed by atoms with Gasteiger partial charge in [0.1, 0.15) is 18.0 Å². The topological polar surface area (TPSA) is 213 Å². The van der Waals surface area contributed by atoms with Gasteiger partial charge in [0.2, 0.25) is 17.7 Å². The van der Waals surface area contributed by atoms with E-state index >= 15 is 0 Å². The number of anilines is 2. The third-order valence-electron chi connectivity index (χ3n) is 12.6. The van der Waals surface area contributed by atoms with Gasteiger partial charge in [-0.15, -0.1) is 5.10 Å². The summed E-state index contributed by atoms with van der Waals surface area (Å²) in [6, 6.07) is 8.58. The molecule has 67 heavy (non-hydrogen) atoms. The number of hydrogen-bond acceptors (Lipinski definition) is 12. The predicted molar refractivity (Wildman–Crippen MR) is 248 cm³/mol. The zero-order valence-corrected chi connectivity index (χ0v) is 38.6.